The van der Waals surface area contributed by atoms with E-state index in [9.17, 15) is 5.11 Å². The predicted molar refractivity (Wildman–Crippen MR) is 88.7 cm³/mol. The van der Waals surface area contributed by atoms with Gasteiger partial charge in [0.1, 0.15) is 5.82 Å². The Labute approximate surface area is 135 Å². The van der Waals surface area contributed by atoms with Crippen molar-refractivity contribution in [2.75, 3.05) is 13.1 Å². The van der Waals surface area contributed by atoms with Gasteiger partial charge in [-0.3, -0.25) is 9.47 Å². The van der Waals surface area contributed by atoms with Crippen molar-refractivity contribution in [3.63, 3.8) is 0 Å². The number of aliphatic hydroxyl groups is 1. The maximum Gasteiger partial charge on any atom is 0.203 e. The Morgan fingerprint density at radius 1 is 1.32 bits per heavy atom. The minimum atomic E-state index is -0.234. The molecule has 1 N–H and O–H groups in total. The fraction of sp³-hybridized carbons (Fsp3) is 0.500. The largest absolute Gasteiger partial charge is 0.392 e. The molecule has 1 aliphatic rings. The van der Waals surface area contributed by atoms with Crippen molar-refractivity contribution < 1.29 is 5.11 Å². The lowest BCUT2D eigenvalue weighted by atomic mass is 10.1. The van der Waals surface area contributed by atoms with Gasteiger partial charge < -0.3 is 5.11 Å². The van der Waals surface area contributed by atoms with E-state index in [4.69, 9.17) is 12.2 Å². The fourth-order valence-electron chi connectivity index (χ4n) is 3.05. The summed E-state index contributed by atoms with van der Waals surface area (Å²) in [6, 6.07) is 8.18. The van der Waals surface area contributed by atoms with Crippen molar-refractivity contribution >= 4 is 12.2 Å². The van der Waals surface area contributed by atoms with Gasteiger partial charge in [0.05, 0.1) is 18.5 Å². The van der Waals surface area contributed by atoms with Crippen LogP contribution in [0, 0.1) is 18.6 Å². The third-order valence-electron chi connectivity index (χ3n) is 4.17. The van der Waals surface area contributed by atoms with Crippen LogP contribution < -0.4 is 0 Å². The summed E-state index contributed by atoms with van der Waals surface area (Å²) in [5.41, 5.74) is 2.25. The predicted octanol–water partition coefficient (Wildman–Crippen LogP) is 2.43. The topological polar surface area (TPSA) is 46.2 Å². The fourth-order valence-corrected chi connectivity index (χ4v) is 3.38. The minimum Gasteiger partial charge on any atom is -0.392 e. The Morgan fingerprint density at radius 3 is 2.82 bits per heavy atom. The summed E-state index contributed by atoms with van der Waals surface area (Å²) < 4.78 is 4.58. The van der Waals surface area contributed by atoms with Crippen LogP contribution in [-0.4, -0.2) is 43.5 Å². The number of aromatic nitrogens is 3. The minimum absolute atomic E-state index is 0.234. The smallest absolute Gasteiger partial charge is 0.203 e. The van der Waals surface area contributed by atoms with Crippen molar-refractivity contribution in [2.24, 2.45) is 0 Å². The second-order valence-electron chi connectivity index (χ2n) is 5.97. The Morgan fingerprint density at radius 2 is 2.09 bits per heavy atom. The van der Waals surface area contributed by atoms with Gasteiger partial charge in [-0.05, 0) is 50.5 Å². The first-order valence-electron chi connectivity index (χ1n) is 7.69. The van der Waals surface area contributed by atoms with Gasteiger partial charge in [0.25, 0.3) is 0 Å². The molecule has 5 nitrogen and oxygen atoms in total. The number of aliphatic hydroxyl groups excluding tert-OH is 1. The number of likely N-dealkylation sites (tertiary alicyclic amines) is 1. The van der Waals surface area contributed by atoms with Crippen LogP contribution in [0.1, 0.15) is 24.2 Å². The number of nitrogens with zero attached hydrogens (tertiary/aromatic N) is 4. The van der Waals surface area contributed by atoms with Crippen LogP contribution >= 0.6 is 12.2 Å². The Bertz CT molecular complexity index is 721. The number of piperidine rings is 1. The quantitative estimate of drug-likeness (QED) is 0.883. The molecule has 0 unspecified atom stereocenters. The van der Waals surface area contributed by atoms with Crippen molar-refractivity contribution in [2.45, 2.75) is 39.5 Å². The molecule has 0 amide bonds. The lowest BCUT2D eigenvalue weighted by molar-refractivity contribution is 0.0512. The van der Waals surface area contributed by atoms with E-state index in [2.05, 4.69) is 29.1 Å². The molecule has 2 heterocycles. The number of benzene rings is 1. The summed E-state index contributed by atoms with van der Waals surface area (Å²) >= 11 is 5.63. The number of hydrogen-bond acceptors (Lipinski definition) is 4. The van der Waals surface area contributed by atoms with Gasteiger partial charge in [-0.2, -0.15) is 5.10 Å². The van der Waals surface area contributed by atoms with Gasteiger partial charge in [-0.1, -0.05) is 18.2 Å². The number of rotatable bonds is 3. The van der Waals surface area contributed by atoms with E-state index < -0.39 is 0 Å². The zero-order valence-electron chi connectivity index (χ0n) is 13.1. The van der Waals surface area contributed by atoms with E-state index in [1.807, 2.05) is 28.3 Å². The summed E-state index contributed by atoms with van der Waals surface area (Å²) in [6.45, 7) is 6.36. The highest BCUT2D eigenvalue weighted by Gasteiger charge is 2.19. The number of para-hydroxylation sites is 1. The highest BCUT2D eigenvalue weighted by Crippen LogP contribution is 2.17. The molecule has 0 bridgehead atoms. The Balaban J connectivity index is 1.91. The molecular formula is C16H22N4OS. The standard InChI is InChI=1S/C16H22N4OS/c1-12-6-3-4-8-15(12)20-13(2)17-19(16(20)22)11-18-9-5-7-14(21)10-18/h3-4,6,8,14,21H,5,7,9-11H2,1-2H3/t14-/m0/s1. The molecule has 1 saturated heterocycles. The molecule has 1 atom stereocenters. The molecule has 6 heteroatoms. The highest BCUT2D eigenvalue weighted by molar-refractivity contribution is 7.71. The van der Waals surface area contributed by atoms with E-state index in [1.165, 1.54) is 5.56 Å². The van der Waals surface area contributed by atoms with E-state index in [0.717, 1.165) is 30.9 Å². The SMILES string of the molecule is Cc1ccccc1-n1c(C)nn(CN2CCC[C@H](O)C2)c1=S. The molecule has 0 saturated carbocycles. The maximum absolute atomic E-state index is 9.80. The summed E-state index contributed by atoms with van der Waals surface area (Å²) in [4.78, 5) is 2.21. The van der Waals surface area contributed by atoms with Crippen LogP contribution in [0.15, 0.2) is 24.3 Å². The number of hydrogen-bond donors (Lipinski definition) is 1. The summed E-state index contributed by atoms with van der Waals surface area (Å²) in [6.07, 6.45) is 1.67. The molecule has 0 radical (unpaired) electrons. The Kier molecular flexibility index (Phi) is 4.42. The molecule has 118 valence electrons. The maximum atomic E-state index is 9.80. The molecule has 2 aromatic rings. The molecule has 1 aliphatic heterocycles. The van der Waals surface area contributed by atoms with Crippen LogP contribution in [-0.2, 0) is 6.67 Å². The molecule has 22 heavy (non-hydrogen) atoms. The lowest BCUT2D eigenvalue weighted by Crippen LogP contribution is -2.39. The van der Waals surface area contributed by atoms with Gasteiger partial charge in [-0.15, -0.1) is 0 Å². The van der Waals surface area contributed by atoms with Crippen molar-refractivity contribution in [3.8, 4) is 5.69 Å². The first-order valence-corrected chi connectivity index (χ1v) is 8.10. The highest BCUT2D eigenvalue weighted by atomic mass is 32.1. The van der Waals surface area contributed by atoms with E-state index in [1.54, 1.807) is 0 Å². The van der Waals surface area contributed by atoms with Crippen LogP contribution in [0.4, 0.5) is 0 Å². The summed E-state index contributed by atoms with van der Waals surface area (Å²) in [7, 11) is 0. The van der Waals surface area contributed by atoms with Crippen LogP contribution in [0.5, 0.6) is 0 Å². The van der Waals surface area contributed by atoms with Crippen LogP contribution in [0.2, 0.25) is 0 Å². The van der Waals surface area contributed by atoms with E-state index in [-0.39, 0.29) is 6.10 Å². The molecule has 0 aliphatic carbocycles. The second kappa shape index (κ2) is 6.32. The molecule has 3 rings (SSSR count). The summed E-state index contributed by atoms with van der Waals surface area (Å²) in [5, 5.41) is 14.4. The van der Waals surface area contributed by atoms with Gasteiger partial charge in [-0.25, -0.2) is 4.68 Å². The van der Waals surface area contributed by atoms with E-state index >= 15 is 0 Å². The molecular weight excluding hydrogens is 296 g/mol. The zero-order chi connectivity index (χ0) is 15.7. The average Bonchev–Trinajstić information content (AvgIpc) is 2.74. The second-order valence-corrected chi connectivity index (χ2v) is 6.33. The van der Waals surface area contributed by atoms with Crippen molar-refractivity contribution in [1.82, 2.24) is 19.2 Å². The van der Waals surface area contributed by atoms with E-state index in [0.29, 0.717) is 18.0 Å². The first-order chi connectivity index (χ1) is 10.6. The monoisotopic (exact) mass is 318 g/mol. The normalized spacial score (nSPS) is 19.5. The van der Waals surface area contributed by atoms with Gasteiger partial charge >= 0.3 is 0 Å². The van der Waals surface area contributed by atoms with Crippen molar-refractivity contribution in [1.29, 1.82) is 0 Å². The lowest BCUT2D eigenvalue weighted by Gasteiger charge is -2.29. The number of β-amino-alcohol motifs (C(OH)–C–C–N with tert-alkyl or cyclic N) is 1. The van der Waals surface area contributed by atoms with Crippen LogP contribution in [0.25, 0.3) is 5.69 Å². The summed E-state index contributed by atoms with van der Waals surface area (Å²) in [5.74, 6) is 0.886. The van der Waals surface area contributed by atoms with Gasteiger partial charge in [0, 0.05) is 13.1 Å². The molecule has 1 aromatic heterocycles. The van der Waals surface area contributed by atoms with Crippen molar-refractivity contribution in [3.05, 3.63) is 40.4 Å². The Hall–Kier alpha value is -1.50. The number of aryl methyl sites for hydroxylation is 2. The zero-order valence-corrected chi connectivity index (χ0v) is 13.9. The molecule has 1 fully saturated rings. The molecule has 0 spiro atoms. The third-order valence-corrected chi connectivity index (χ3v) is 4.57. The average molecular weight is 318 g/mol. The van der Waals surface area contributed by atoms with Gasteiger partial charge in [0.2, 0.25) is 4.77 Å². The van der Waals surface area contributed by atoms with Crippen LogP contribution in [0.3, 0.4) is 0 Å². The third kappa shape index (κ3) is 2.99. The first kappa shape index (κ1) is 15.4. The van der Waals surface area contributed by atoms with Gasteiger partial charge in [0.15, 0.2) is 0 Å². The molecule has 1 aromatic carbocycles.